The molecule has 0 aromatic carbocycles. The van der Waals surface area contributed by atoms with Gasteiger partial charge >= 0.3 is 6.18 Å². The molecule has 11 heteroatoms. The Balaban J connectivity index is 2.08. The van der Waals surface area contributed by atoms with Gasteiger partial charge in [0.15, 0.2) is 10.1 Å². The van der Waals surface area contributed by atoms with Crippen LogP contribution < -0.4 is 5.56 Å². The number of aromatic nitrogens is 4. The van der Waals surface area contributed by atoms with Crippen LogP contribution in [0.15, 0.2) is 21.5 Å². The van der Waals surface area contributed by atoms with Crippen molar-refractivity contribution in [2.45, 2.75) is 19.6 Å². The van der Waals surface area contributed by atoms with Crippen LogP contribution in [-0.4, -0.2) is 19.2 Å². The number of rotatable bonds is 2. The quantitative estimate of drug-likeness (QED) is 0.626. The minimum Gasteiger partial charge on any atom is -0.269 e. The summed E-state index contributed by atoms with van der Waals surface area (Å²) in [6.45, 7) is 1.50. The van der Waals surface area contributed by atoms with Crippen molar-refractivity contribution in [2.24, 2.45) is 0 Å². The van der Waals surface area contributed by atoms with E-state index in [1.54, 1.807) is 6.92 Å². The monoisotopic (exact) mass is 426 g/mol. The SMILES string of the molecule is Cc1sc2nc(Cn3nc(Cl)cc3C(F)(F)F)cc(=O)n2c1Br. The van der Waals surface area contributed by atoms with E-state index < -0.39 is 11.9 Å². The molecule has 0 radical (unpaired) electrons. The van der Waals surface area contributed by atoms with Crippen LogP contribution in [0.5, 0.6) is 0 Å². The van der Waals surface area contributed by atoms with E-state index in [1.165, 1.54) is 21.8 Å². The Hall–Kier alpha value is -1.39. The summed E-state index contributed by atoms with van der Waals surface area (Å²) in [6.07, 6.45) is -4.60. The van der Waals surface area contributed by atoms with Crippen LogP contribution in [-0.2, 0) is 12.7 Å². The Labute approximate surface area is 144 Å². The van der Waals surface area contributed by atoms with Crippen LogP contribution in [0.4, 0.5) is 13.2 Å². The Morgan fingerprint density at radius 2 is 2.09 bits per heavy atom. The molecule has 0 spiro atoms. The molecule has 3 aromatic heterocycles. The highest BCUT2D eigenvalue weighted by Crippen LogP contribution is 2.31. The molecule has 122 valence electrons. The number of hydrogen-bond donors (Lipinski definition) is 0. The second kappa shape index (κ2) is 5.60. The van der Waals surface area contributed by atoms with E-state index in [2.05, 4.69) is 26.0 Å². The first-order valence-electron chi connectivity index (χ1n) is 6.15. The highest BCUT2D eigenvalue weighted by molar-refractivity contribution is 9.10. The number of thiazole rings is 1. The maximum absolute atomic E-state index is 12.9. The molecule has 0 bridgehead atoms. The molecular weight excluding hydrogens is 421 g/mol. The number of hydrogen-bond acceptors (Lipinski definition) is 4. The highest BCUT2D eigenvalue weighted by Gasteiger charge is 2.35. The van der Waals surface area contributed by atoms with Crippen molar-refractivity contribution in [3.05, 3.63) is 48.5 Å². The van der Waals surface area contributed by atoms with Gasteiger partial charge in [-0.25, -0.2) is 9.38 Å². The zero-order valence-corrected chi connectivity index (χ0v) is 14.5. The molecule has 3 heterocycles. The van der Waals surface area contributed by atoms with Crippen molar-refractivity contribution in [3.8, 4) is 0 Å². The first-order valence-corrected chi connectivity index (χ1v) is 8.13. The average molecular weight is 428 g/mol. The third-order valence-corrected chi connectivity index (χ3v) is 5.38. The number of nitrogens with zero attached hydrogens (tertiary/aromatic N) is 4. The summed E-state index contributed by atoms with van der Waals surface area (Å²) in [5.74, 6) is 0. The maximum Gasteiger partial charge on any atom is 0.433 e. The van der Waals surface area contributed by atoms with Crippen LogP contribution in [0.2, 0.25) is 5.15 Å². The zero-order valence-electron chi connectivity index (χ0n) is 11.4. The Kier molecular flexibility index (Phi) is 4.01. The summed E-state index contributed by atoms with van der Waals surface area (Å²) in [5, 5.41) is 3.34. The first kappa shape index (κ1) is 16.5. The van der Waals surface area contributed by atoms with Gasteiger partial charge < -0.3 is 0 Å². The fourth-order valence-corrected chi connectivity index (χ4v) is 3.84. The summed E-state index contributed by atoms with van der Waals surface area (Å²) in [4.78, 5) is 17.6. The summed E-state index contributed by atoms with van der Waals surface area (Å²) in [5.41, 5.74) is -1.20. The predicted molar refractivity (Wildman–Crippen MR) is 83.1 cm³/mol. The second-order valence-electron chi connectivity index (χ2n) is 4.66. The molecule has 3 aromatic rings. The van der Waals surface area contributed by atoms with Gasteiger partial charge in [0.25, 0.3) is 5.56 Å². The molecule has 0 atom stereocenters. The summed E-state index contributed by atoms with van der Waals surface area (Å²) >= 11 is 10.1. The van der Waals surface area contributed by atoms with Crippen molar-refractivity contribution in [1.29, 1.82) is 0 Å². The molecule has 0 aliphatic rings. The van der Waals surface area contributed by atoms with Crippen molar-refractivity contribution in [2.75, 3.05) is 0 Å². The van der Waals surface area contributed by atoms with E-state index in [9.17, 15) is 18.0 Å². The zero-order chi connectivity index (χ0) is 16.9. The lowest BCUT2D eigenvalue weighted by atomic mass is 10.3. The van der Waals surface area contributed by atoms with Crippen LogP contribution in [0.25, 0.3) is 4.96 Å². The summed E-state index contributed by atoms with van der Waals surface area (Å²) in [6, 6.07) is 1.92. The maximum atomic E-state index is 12.9. The number of fused-ring (bicyclic) bond motifs is 1. The fourth-order valence-electron chi connectivity index (χ4n) is 2.06. The minimum absolute atomic E-state index is 0.175. The van der Waals surface area contributed by atoms with Crippen LogP contribution in [0.1, 0.15) is 16.3 Å². The molecule has 3 rings (SSSR count). The van der Waals surface area contributed by atoms with Gasteiger partial charge in [-0.15, -0.1) is 11.3 Å². The molecule has 0 amide bonds. The lowest BCUT2D eigenvalue weighted by Gasteiger charge is -2.09. The summed E-state index contributed by atoms with van der Waals surface area (Å²) < 4.78 is 41.5. The lowest BCUT2D eigenvalue weighted by molar-refractivity contribution is -0.144. The molecular formula is C12H7BrClF3N4OS. The fraction of sp³-hybridized carbons (Fsp3) is 0.250. The molecule has 5 nitrogen and oxygen atoms in total. The van der Waals surface area contributed by atoms with Gasteiger partial charge in [0.2, 0.25) is 0 Å². The molecule has 23 heavy (non-hydrogen) atoms. The molecule has 0 unspecified atom stereocenters. The highest BCUT2D eigenvalue weighted by atomic mass is 79.9. The van der Waals surface area contributed by atoms with Gasteiger partial charge in [-0.1, -0.05) is 11.6 Å². The average Bonchev–Trinajstić information content (AvgIpc) is 2.91. The standard InChI is InChI=1S/C12H7BrClF3N4OS/c1-5-10(13)21-9(22)2-6(18-11(21)23-5)4-20-7(12(15,16)17)3-8(14)19-20/h2-3H,4H2,1H3. The van der Waals surface area contributed by atoms with E-state index in [0.717, 1.165) is 10.9 Å². The van der Waals surface area contributed by atoms with Crippen LogP contribution in [0.3, 0.4) is 0 Å². The second-order valence-corrected chi connectivity index (χ2v) is 6.98. The number of halogens is 5. The Bertz CT molecular complexity index is 962. The molecule has 0 saturated heterocycles. The Morgan fingerprint density at radius 1 is 1.39 bits per heavy atom. The van der Waals surface area contributed by atoms with Crippen molar-refractivity contribution < 1.29 is 13.2 Å². The molecule has 0 aliphatic carbocycles. The van der Waals surface area contributed by atoms with Gasteiger partial charge in [0.05, 0.1) is 12.2 Å². The largest absolute Gasteiger partial charge is 0.433 e. The van der Waals surface area contributed by atoms with Crippen molar-refractivity contribution in [3.63, 3.8) is 0 Å². The predicted octanol–water partition coefficient (Wildman–Crippen LogP) is 3.74. The lowest BCUT2D eigenvalue weighted by Crippen LogP contribution is -2.19. The van der Waals surface area contributed by atoms with Crippen molar-refractivity contribution >= 4 is 43.8 Å². The summed E-state index contributed by atoms with van der Waals surface area (Å²) in [7, 11) is 0. The van der Waals surface area contributed by atoms with E-state index in [-0.39, 0.29) is 23.0 Å². The van der Waals surface area contributed by atoms with Crippen molar-refractivity contribution in [1.82, 2.24) is 19.2 Å². The number of alkyl halides is 3. The van der Waals surface area contributed by atoms with Gasteiger partial charge in [0, 0.05) is 17.0 Å². The third-order valence-electron chi connectivity index (χ3n) is 3.02. The topological polar surface area (TPSA) is 52.2 Å². The van der Waals surface area contributed by atoms with E-state index in [4.69, 9.17) is 11.6 Å². The minimum atomic E-state index is -4.60. The number of aryl methyl sites for hydroxylation is 1. The molecule has 0 aliphatic heterocycles. The molecule has 0 saturated carbocycles. The van der Waals surface area contributed by atoms with Gasteiger partial charge in [-0.05, 0) is 22.9 Å². The van der Waals surface area contributed by atoms with Crippen LogP contribution in [0, 0.1) is 6.92 Å². The van der Waals surface area contributed by atoms with E-state index >= 15 is 0 Å². The van der Waals surface area contributed by atoms with Gasteiger partial charge in [-0.3, -0.25) is 9.48 Å². The van der Waals surface area contributed by atoms with E-state index in [1.807, 2.05) is 0 Å². The third kappa shape index (κ3) is 3.02. The first-order chi connectivity index (χ1) is 10.7. The van der Waals surface area contributed by atoms with Gasteiger partial charge in [0.1, 0.15) is 10.3 Å². The van der Waals surface area contributed by atoms with Gasteiger partial charge in [-0.2, -0.15) is 18.3 Å². The Morgan fingerprint density at radius 3 is 2.74 bits per heavy atom. The normalized spacial score (nSPS) is 12.3. The smallest absolute Gasteiger partial charge is 0.269 e. The molecule has 0 N–H and O–H groups in total. The molecule has 0 fully saturated rings. The van der Waals surface area contributed by atoms with E-state index in [0.29, 0.717) is 14.2 Å². The van der Waals surface area contributed by atoms with Crippen LogP contribution >= 0.6 is 38.9 Å².